The Morgan fingerprint density at radius 3 is 2.39 bits per heavy atom. The predicted molar refractivity (Wildman–Crippen MR) is 110 cm³/mol. The molecule has 0 aliphatic rings. The number of nitrogen functional groups attached to an aromatic ring is 1. The highest BCUT2D eigenvalue weighted by Gasteiger charge is 2.26. The number of nitrogens with zero attached hydrogens (tertiary/aromatic N) is 3. The molecule has 28 heavy (non-hydrogen) atoms. The van der Waals surface area contributed by atoms with Gasteiger partial charge < -0.3 is 11.1 Å². The highest BCUT2D eigenvalue weighted by molar-refractivity contribution is 6.11. The van der Waals surface area contributed by atoms with Gasteiger partial charge >= 0.3 is 5.69 Å². The van der Waals surface area contributed by atoms with Crippen LogP contribution < -0.4 is 22.3 Å². The fraction of sp³-hybridized carbons (Fsp3) is 0.300. The number of nitrogens with two attached hydrogens (primary N) is 1. The van der Waals surface area contributed by atoms with Gasteiger partial charge in [-0.15, -0.1) is 0 Å². The summed E-state index contributed by atoms with van der Waals surface area (Å²) in [5.74, 6) is -0.665. The summed E-state index contributed by atoms with van der Waals surface area (Å²) in [6.45, 7) is 5.61. The molecule has 3 N–H and O–H groups in total. The minimum Gasteiger partial charge on any atom is -0.383 e. The third-order valence-electron chi connectivity index (χ3n) is 4.85. The molecule has 0 atom stereocenters. The number of hydrogen-bond acceptors (Lipinski definition) is 5. The predicted octanol–water partition coefficient (Wildman–Crippen LogP) is 1.90. The van der Waals surface area contributed by atoms with Crippen LogP contribution in [0.25, 0.3) is 11.0 Å². The molecule has 0 spiro atoms. The summed E-state index contributed by atoms with van der Waals surface area (Å²) in [5, 5.41) is 3.08. The fourth-order valence-electron chi connectivity index (χ4n) is 3.35. The number of para-hydroxylation sites is 1. The Kier molecular flexibility index (Phi) is 4.80. The van der Waals surface area contributed by atoms with E-state index in [1.54, 1.807) is 6.07 Å². The molecule has 0 saturated carbocycles. The zero-order valence-corrected chi connectivity index (χ0v) is 16.5. The molecule has 0 aliphatic heterocycles. The molecule has 0 unspecified atom stereocenters. The number of fused-ring (bicyclic) bond motifs is 1. The number of carbonyl (C=O) groups excluding carboxylic acids is 1. The van der Waals surface area contributed by atoms with Crippen LogP contribution in [-0.4, -0.2) is 20.0 Å². The quantitative estimate of drug-likeness (QED) is 0.720. The van der Waals surface area contributed by atoms with Crippen LogP contribution in [0.2, 0.25) is 0 Å². The van der Waals surface area contributed by atoms with Crippen LogP contribution in [-0.2, 0) is 14.1 Å². The van der Waals surface area contributed by atoms with Gasteiger partial charge in [-0.2, -0.15) is 0 Å². The third-order valence-corrected chi connectivity index (χ3v) is 4.85. The smallest absolute Gasteiger partial charge is 0.332 e. The van der Waals surface area contributed by atoms with Crippen molar-refractivity contribution in [2.75, 3.05) is 11.1 Å². The van der Waals surface area contributed by atoms with Gasteiger partial charge in [0.05, 0.1) is 10.9 Å². The van der Waals surface area contributed by atoms with E-state index >= 15 is 0 Å². The molecule has 2 aromatic heterocycles. The van der Waals surface area contributed by atoms with Crippen LogP contribution in [0.15, 0.2) is 33.9 Å². The van der Waals surface area contributed by atoms with Crippen LogP contribution in [0.1, 0.15) is 41.3 Å². The number of anilines is 2. The van der Waals surface area contributed by atoms with Gasteiger partial charge in [-0.05, 0) is 30.0 Å². The van der Waals surface area contributed by atoms with Crippen molar-refractivity contribution in [1.82, 2.24) is 14.1 Å². The number of aryl methyl sites for hydroxylation is 2. The first kappa shape index (κ1) is 19.3. The summed E-state index contributed by atoms with van der Waals surface area (Å²) in [6, 6.07) is 7.36. The van der Waals surface area contributed by atoms with Crippen molar-refractivity contribution in [2.24, 2.45) is 14.1 Å². The molecular weight excluding hydrogens is 358 g/mol. The van der Waals surface area contributed by atoms with Crippen molar-refractivity contribution in [1.29, 1.82) is 0 Å². The Bertz CT molecular complexity index is 1220. The molecule has 1 amide bonds. The molecule has 8 nitrogen and oxygen atoms in total. The topological polar surface area (TPSA) is 112 Å². The van der Waals surface area contributed by atoms with E-state index < -0.39 is 17.2 Å². The maximum absolute atomic E-state index is 13.1. The van der Waals surface area contributed by atoms with Crippen molar-refractivity contribution in [3.8, 4) is 0 Å². The second-order valence-corrected chi connectivity index (χ2v) is 7.11. The molecule has 3 aromatic rings. The number of hydrogen-bond donors (Lipinski definition) is 2. The molecule has 0 aliphatic carbocycles. The molecule has 2 heterocycles. The third kappa shape index (κ3) is 2.96. The first-order valence-corrected chi connectivity index (χ1v) is 8.91. The van der Waals surface area contributed by atoms with Crippen molar-refractivity contribution in [3.05, 3.63) is 61.8 Å². The standard InChI is InChI=1S/C20H23N5O3/c1-10(2)13-14(18(26)22-12-9-7-6-8-11(12)3)16(21)23-17-15(13)19(27)25(5)20(28)24(17)4/h6-10H,1-5H3,(H2,21,23)(H,22,26). The van der Waals surface area contributed by atoms with E-state index in [0.717, 1.165) is 10.1 Å². The highest BCUT2D eigenvalue weighted by Crippen LogP contribution is 2.30. The second kappa shape index (κ2) is 6.95. The van der Waals surface area contributed by atoms with Gasteiger partial charge in [0.25, 0.3) is 11.5 Å². The monoisotopic (exact) mass is 381 g/mol. The number of benzene rings is 1. The van der Waals surface area contributed by atoms with Gasteiger partial charge in [-0.3, -0.25) is 18.7 Å². The first-order valence-electron chi connectivity index (χ1n) is 8.91. The number of rotatable bonds is 3. The molecule has 8 heteroatoms. The lowest BCUT2D eigenvalue weighted by Crippen LogP contribution is -2.38. The first-order chi connectivity index (χ1) is 13.1. The van der Waals surface area contributed by atoms with E-state index in [2.05, 4.69) is 10.3 Å². The zero-order valence-electron chi connectivity index (χ0n) is 16.5. The molecule has 0 radical (unpaired) electrons. The van der Waals surface area contributed by atoms with Crippen LogP contribution in [0, 0.1) is 6.92 Å². The van der Waals surface area contributed by atoms with E-state index in [0.29, 0.717) is 11.3 Å². The van der Waals surface area contributed by atoms with E-state index in [-0.39, 0.29) is 28.3 Å². The lowest BCUT2D eigenvalue weighted by Gasteiger charge is -2.19. The van der Waals surface area contributed by atoms with E-state index in [1.807, 2.05) is 39.0 Å². The Morgan fingerprint density at radius 2 is 1.79 bits per heavy atom. The molecular formula is C20H23N5O3. The molecule has 0 bridgehead atoms. The SMILES string of the molecule is Cc1ccccc1NC(=O)c1c(N)nc2c(c1C(C)C)c(=O)n(C)c(=O)n2C. The van der Waals surface area contributed by atoms with Gasteiger partial charge in [0.1, 0.15) is 5.82 Å². The maximum atomic E-state index is 13.1. The summed E-state index contributed by atoms with van der Waals surface area (Å²) in [7, 11) is 2.92. The molecule has 0 saturated heterocycles. The molecule has 3 rings (SSSR count). The summed E-state index contributed by atoms with van der Waals surface area (Å²) < 4.78 is 2.27. The summed E-state index contributed by atoms with van der Waals surface area (Å²) in [4.78, 5) is 42.4. The highest BCUT2D eigenvalue weighted by atomic mass is 16.2. The minimum absolute atomic E-state index is 0.0227. The maximum Gasteiger partial charge on any atom is 0.332 e. The minimum atomic E-state index is -0.504. The van der Waals surface area contributed by atoms with Crippen LogP contribution in [0.4, 0.5) is 11.5 Å². The Hall–Kier alpha value is -3.42. The Balaban J connectivity index is 2.35. The number of carbonyl (C=O) groups is 1. The van der Waals surface area contributed by atoms with Crippen molar-refractivity contribution < 1.29 is 4.79 Å². The zero-order chi connectivity index (χ0) is 20.7. The average Bonchev–Trinajstić information content (AvgIpc) is 2.65. The fourth-order valence-corrected chi connectivity index (χ4v) is 3.35. The molecule has 146 valence electrons. The van der Waals surface area contributed by atoms with E-state index in [1.165, 1.54) is 18.7 Å². The van der Waals surface area contributed by atoms with Gasteiger partial charge in [-0.25, -0.2) is 9.78 Å². The van der Waals surface area contributed by atoms with Crippen molar-refractivity contribution in [2.45, 2.75) is 26.7 Å². The van der Waals surface area contributed by atoms with Crippen molar-refractivity contribution in [3.63, 3.8) is 0 Å². The lowest BCUT2D eigenvalue weighted by molar-refractivity contribution is 0.102. The number of amides is 1. The lowest BCUT2D eigenvalue weighted by atomic mass is 9.94. The van der Waals surface area contributed by atoms with Crippen LogP contribution in [0.3, 0.4) is 0 Å². The van der Waals surface area contributed by atoms with Gasteiger partial charge in [-0.1, -0.05) is 32.0 Å². The normalized spacial score (nSPS) is 11.2. The van der Waals surface area contributed by atoms with Crippen molar-refractivity contribution >= 4 is 28.4 Å². The summed E-state index contributed by atoms with van der Waals surface area (Å²) in [6.07, 6.45) is 0. The Labute approximate surface area is 161 Å². The summed E-state index contributed by atoms with van der Waals surface area (Å²) >= 11 is 0. The molecule has 0 fully saturated rings. The largest absolute Gasteiger partial charge is 0.383 e. The van der Waals surface area contributed by atoms with Gasteiger partial charge in [0.15, 0.2) is 5.65 Å². The van der Waals surface area contributed by atoms with Gasteiger partial charge in [0.2, 0.25) is 0 Å². The number of aromatic nitrogens is 3. The number of pyridine rings is 1. The molecule has 1 aromatic carbocycles. The average molecular weight is 381 g/mol. The van der Waals surface area contributed by atoms with Gasteiger partial charge in [0, 0.05) is 19.8 Å². The summed E-state index contributed by atoms with van der Waals surface area (Å²) in [5.41, 5.74) is 7.47. The van der Waals surface area contributed by atoms with E-state index in [4.69, 9.17) is 5.73 Å². The Morgan fingerprint density at radius 1 is 1.14 bits per heavy atom. The van der Waals surface area contributed by atoms with Crippen LogP contribution in [0.5, 0.6) is 0 Å². The van der Waals surface area contributed by atoms with E-state index in [9.17, 15) is 14.4 Å². The van der Waals surface area contributed by atoms with Crippen LogP contribution >= 0.6 is 0 Å². The second-order valence-electron chi connectivity index (χ2n) is 7.11. The number of nitrogens with one attached hydrogen (secondary N) is 1.